The van der Waals surface area contributed by atoms with Crippen molar-refractivity contribution in [3.8, 4) is 11.5 Å². The van der Waals surface area contributed by atoms with Crippen molar-refractivity contribution in [2.24, 2.45) is 0 Å². The van der Waals surface area contributed by atoms with Crippen molar-refractivity contribution < 1.29 is 9.84 Å². The van der Waals surface area contributed by atoms with Crippen LogP contribution in [0.5, 0.6) is 11.5 Å². The van der Waals surface area contributed by atoms with Gasteiger partial charge in [0, 0.05) is 12.0 Å². The Hall–Kier alpha value is -2.11. The van der Waals surface area contributed by atoms with Crippen LogP contribution in [-0.4, -0.2) is 32.3 Å². The molecule has 6 heteroatoms. The second-order valence-corrected chi connectivity index (χ2v) is 5.29. The number of aromatic hydroxyl groups is 1. The topological polar surface area (TPSA) is 83.9 Å². The van der Waals surface area contributed by atoms with Crippen LogP contribution in [0.3, 0.4) is 0 Å². The van der Waals surface area contributed by atoms with E-state index >= 15 is 0 Å². The van der Waals surface area contributed by atoms with Gasteiger partial charge in [-0.25, -0.2) is 0 Å². The number of nitrogens with one attached hydrogen (secondary N) is 1. The minimum atomic E-state index is 0.397. The molecule has 2 rings (SSSR count). The molecular formula is C16H24N4O2. The fourth-order valence-electron chi connectivity index (χ4n) is 2.43. The molecule has 0 aliphatic carbocycles. The molecule has 0 unspecified atom stereocenters. The van der Waals surface area contributed by atoms with E-state index in [9.17, 15) is 5.11 Å². The van der Waals surface area contributed by atoms with E-state index in [4.69, 9.17) is 4.74 Å². The highest BCUT2D eigenvalue weighted by molar-refractivity contribution is 5.49. The summed E-state index contributed by atoms with van der Waals surface area (Å²) in [6, 6.07) is 3.92. The van der Waals surface area contributed by atoms with Gasteiger partial charge in [0.2, 0.25) is 0 Å². The van der Waals surface area contributed by atoms with Crippen molar-refractivity contribution in [2.45, 2.75) is 52.4 Å². The number of ether oxygens (including phenoxy) is 1. The minimum Gasteiger partial charge on any atom is -0.507 e. The quantitative estimate of drug-likeness (QED) is 0.696. The Labute approximate surface area is 130 Å². The van der Waals surface area contributed by atoms with E-state index in [1.807, 2.05) is 19.1 Å². The largest absolute Gasteiger partial charge is 0.507 e. The maximum atomic E-state index is 10.3. The first kappa shape index (κ1) is 16.3. The number of hydrogen-bond donors (Lipinski definition) is 2. The van der Waals surface area contributed by atoms with Gasteiger partial charge in [-0.2, -0.15) is 5.21 Å². The molecule has 0 saturated heterocycles. The standard InChI is InChI=1S/C16H24N4O2/c1-3-7-13-14(10-9-12(4-2)16(13)21)22-11-6-5-8-15-17-19-20-18-15/h9-10,21H,3-8,11H2,1-2H3,(H,17,18,19,20). The lowest BCUT2D eigenvalue weighted by atomic mass is 10.0. The SMILES string of the molecule is CCCc1c(OCCCCc2nn[nH]n2)ccc(CC)c1O. The van der Waals surface area contributed by atoms with Gasteiger partial charge in [0.05, 0.1) is 6.61 Å². The predicted octanol–water partition coefficient (Wildman–Crippen LogP) is 2.82. The number of H-pyrrole nitrogens is 1. The van der Waals surface area contributed by atoms with E-state index in [0.717, 1.165) is 61.2 Å². The summed E-state index contributed by atoms with van der Waals surface area (Å²) in [5, 5.41) is 24.1. The first-order valence-electron chi connectivity index (χ1n) is 7.95. The molecule has 0 spiro atoms. The molecule has 0 radical (unpaired) electrons. The molecule has 120 valence electrons. The number of aromatic nitrogens is 4. The molecule has 1 aromatic heterocycles. The van der Waals surface area contributed by atoms with E-state index in [2.05, 4.69) is 27.5 Å². The average Bonchev–Trinajstić information content (AvgIpc) is 3.03. The fourth-order valence-corrected chi connectivity index (χ4v) is 2.43. The van der Waals surface area contributed by atoms with Crippen LogP contribution in [0.4, 0.5) is 0 Å². The zero-order valence-corrected chi connectivity index (χ0v) is 13.3. The molecule has 0 amide bonds. The lowest BCUT2D eigenvalue weighted by molar-refractivity contribution is 0.300. The maximum absolute atomic E-state index is 10.3. The van der Waals surface area contributed by atoms with Gasteiger partial charge in [0.25, 0.3) is 0 Å². The summed E-state index contributed by atoms with van der Waals surface area (Å²) in [6.07, 6.45) is 5.29. The van der Waals surface area contributed by atoms with E-state index < -0.39 is 0 Å². The van der Waals surface area contributed by atoms with Crippen molar-refractivity contribution in [1.82, 2.24) is 20.6 Å². The van der Waals surface area contributed by atoms with Crippen LogP contribution in [0.15, 0.2) is 12.1 Å². The highest BCUT2D eigenvalue weighted by Crippen LogP contribution is 2.33. The third-order valence-corrected chi connectivity index (χ3v) is 3.65. The summed E-state index contributed by atoms with van der Waals surface area (Å²) in [7, 11) is 0. The Bertz CT molecular complexity index is 570. The number of aryl methyl sites for hydroxylation is 2. The molecule has 0 atom stereocenters. The highest BCUT2D eigenvalue weighted by atomic mass is 16.5. The fraction of sp³-hybridized carbons (Fsp3) is 0.562. The Balaban J connectivity index is 1.87. The van der Waals surface area contributed by atoms with Crippen molar-refractivity contribution in [3.63, 3.8) is 0 Å². The number of phenolic OH excluding ortho intramolecular Hbond substituents is 1. The molecule has 1 heterocycles. The summed E-state index contributed by atoms with van der Waals surface area (Å²) in [5.74, 6) is 1.93. The molecule has 0 saturated carbocycles. The van der Waals surface area contributed by atoms with Crippen LogP contribution < -0.4 is 4.74 Å². The first-order chi connectivity index (χ1) is 10.8. The second kappa shape index (κ2) is 8.36. The van der Waals surface area contributed by atoms with Crippen molar-refractivity contribution in [3.05, 3.63) is 29.1 Å². The van der Waals surface area contributed by atoms with Crippen LogP contribution in [-0.2, 0) is 19.3 Å². The molecule has 6 nitrogen and oxygen atoms in total. The predicted molar refractivity (Wildman–Crippen MR) is 84.1 cm³/mol. The third-order valence-electron chi connectivity index (χ3n) is 3.65. The van der Waals surface area contributed by atoms with Gasteiger partial charge in [-0.05, 0) is 37.3 Å². The van der Waals surface area contributed by atoms with Gasteiger partial charge in [-0.15, -0.1) is 10.2 Å². The Kier molecular flexibility index (Phi) is 6.18. The van der Waals surface area contributed by atoms with Gasteiger partial charge >= 0.3 is 0 Å². The number of aromatic amines is 1. The Morgan fingerprint density at radius 3 is 2.73 bits per heavy atom. The van der Waals surface area contributed by atoms with Crippen LogP contribution in [0.2, 0.25) is 0 Å². The van der Waals surface area contributed by atoms with Crippen molar-refractivity contribution in [1.29, 1.82) is 0 Å². The molecule has 2 N–H and O–H groups in total. The van der Waals surface area contributed by atoms with Gasteiger partial charge in [0.15, 0.2) is 5.82 Å². The number of benzene rings is 1. The number of hydrogen-bond acceptors (Lipinski definition) is 5. The maximum Gasteiger partial charge on any atom is 0.174 e. The molecule has 22 heavy (non-hydrogen) atoms. The van der Waals surface area contributed by atoms with Gasteiger partial charge in [-0.1, -0.05) is 31.5 Å². The number of phenols is 1. The van der Waals surface area contributed by atoms with Crippen LogP contribution in [0.25, 0.3) is 0 Å². The summed E-state index contributed by atoms with van der Waals surface area (Å²) >= 11 is 0. The molecule has 0 bridgehead atoms. The van der Waals surface area contributed by atoms with Crippen molar-refractivity contribution in [2.75, 3.05) is 6.61 Å². The van der Waals surface area contributed by atoms with Gasteiger partial charge < -0.3 is 9.84 Å². The zero-order chi connectivity index (χ0) is 15.8. The lowest BCUT2D eigenvalue weighted by Gasteiger charge is -2.15. The molecule has 0 fully saturated rings. The van der Waals surface area contributed by atoms with E-state index in [1.54, 1.807) is 0 Å². The first-order valence-corrected chi connectivity index (χ1v) is 7.95. The molecular weight excluding hydrogens is 280 g/mol. The van der Waals surface area contributed by atoms with Crippen LogP contribution in [0.1, 0.15) is 50.1 Å². The molecule has 0 aliphatic heterocycles. The number of nitrogens with zero attached hydrogens (tertiary/aromatic N) is 3. The van der Waals surface area contributed by atoms with Crippen LogP contribution >= 0.6 is 0 Å². The van der Waals surface area contributed by atoms with E-state index in [-0.39, 0.29) is 0 Å². The Morgan fingerprint density at radius 2 is 2.05 bits per heavy atom. The smallest absolute Gasteiger partial charge is 0.174 e. The summed E-state index contributed by atoms with van der Waals surface area (Å²) < 4.78 is 5.87. The number of tetrazole rings is 1. The average molecular weight is 304 g/mol. The summed E-state index contributed by atoms with van der Waals surface area (Å²) in [4.78, 5) is 0. The monoisotopic (exact) mass is 304 g/mol. The minimum absolute atomic E-state index is 0.397. The Morgan fingerprint density at radius 1 is 1.18 bits per heavy atom. The van der Waals surface area contributed by atoms with Crippen LogP contribution in [0, 0.1) is 0 Å². The highest BCUT2D eigenvalue weighted by Gasteiger charge is 2.12. The normalized spacial score (nSPS) is 10.8. The number of rotatable bonds is 9. The zero-order valence-electron chi connectivity index (χ0n) is 13.3. The van der Waals surface area contributed by atoms with Crippen molar-refractivity contribution >= 4 is 0 Å². The third kappa shape index (κ3) is 4.19. The summed E-state index contributed by atoms with van der Waals surface area (Å²) in [6.45, 7) is 4.77. The van der Waals surface area contributed by atoms with Gasteiger partial charge in [-0.3, -0.25) is 0 Å². The lowest BCUT2D eigenvalue weighted by Crippen LogP contribution is -2.03. The second-order valence-electron chi connectivity index (χ2n) is 5.29. The van der Waals surface area contributed by atoms with Gasteiger partial charge in [0.1, 0.15) is 11.5 Å². The molecule has 0 aliphatic rings. The number of unbranched alkanes of at least 4 members (excludes halogenated alkanes) is 1. The van der Waals surface area contributed by atoms with E-state index in [0.29, 0.717) is 12.4 Å². The summed E-state index contributed by atoms with van der Waals surface area (Å²) in [5.41, 5.74) is 1.91. The molecule has 2 aromatic rings. The molecule has 1 aromatic carbocycles. The van der Waals surface area contributed by atoms with E-state index in [1.165, 1.54) is 0 Å².